The van der Waals surface area contributed by atoms with Gasteiger partial charge in [-0.25, -0.2) is 13.2 Å². The Balaban J connectivity index is 0.000000226. The van der Waals surface area contributed by atoms with Crippen molar-refractivity contribution in [3.63, 3.8) is 0 Å². The zero-order chi connectivity index (χ0) is 29.6. The van der Waals surface area contributed by atoms with Crippen LogP contribution in [-0.2, 0) is 19.0 Å². The predicted molar refractivity (Wildman–Crippen MR) is 152 cm³/mol. The molecule has 0 aromatic heterocycles. The van der Waals surface area contributed by atoms with Gasteiger partial charge in [-0.2, -0.15) is 0 Å². The first kappa shape index (κ1) is 33.3. The molecule has 41 heavy (non-hydrogen) atoms. The Morgan fingerprint density at radius 1 is 0.976 bits per heavy atom. The largest absolute Gasteiger partial charge is 0.385 e. The monoisotopic (exact) mass is 599 g/mol. The van der Waals surface area contributed by atoms with Gasteiger partial charge in [-0.1, -0.05) is 29.8 Å². The van der Waals surface area contributed by atoms with Gasteiger partial charge in [0, 0.05) is 50.8 Å². The number of rotatable bonds is 12. The third kappa shape index (κ3) is 10.5. The summed E-state index contributed by atoms with van der Waals surface area (Å²) in [6.07, 6.45) is 4.06. The summed E-state index contributed by atoms with van der Waals surface area (Å²) in [5.74, 6) is -2.32. The molecule has 4 N–H and O–H groups in total. The van der Waals surface area contributed by atoms with E-state index in [0.717, 1.165) is 58.3 Å². The molecule has 2 heterocycles. The van der Waals surface area contributed by atoms with Crippen LogP contribution in [0.5, 0.6) is 0 Å². The minimum atomic E-state index is -0.821. The van der Waals surface area contributed by atoms with Crippen LogP contribution in [0, 0.1) is 29.3 Å². The first-order chi connectivity index (χ1) is 19.8. The van der Waals surface area contributed by atoms with Crippen LogP contribution in [0.25, 0.3) is 0 Å². The number of hydrogen-bond donors (Lipinski definition) is 3. The standard InChI is InChI=1S/C16H23F2NO2.C14H18ClFN2O2/c1-20-8-3-9-21-16(13-4-2-7-19-11-13)12-5-6-14(17)15(18)10-12;15-11-5-1-4-10(13(11)16)14(20-8-12(17)19)9-3-2-6-18-7-9/h5-6,10,13,16,19H,2-4,7-9,11H2,1H3;1,4-5,9,14,18H,2-3,6-8H2,(H2,17,19)/t13-,16+;9-,14+/m11/s1. The highest BCUT2D eigenvalue weighted by Gasteiger charge is 2.29. The first-order valence-electron chi connectivity index (χ1n) is 14.1. The number of amides is 1. The van der Waals surface area contributed by atoms with Crippen molar-refractivity contribution in [2.75, 3.05) is 53.1 Å². The fourth-order valence-electron chi connectivity index (χ4n) is 5.27. The third-order valence-electron chi connectivity index (χ3n) is 7.28. The van der Waals surface area contributed by atoms with Gasteiger partial charge < -0.3 is 30.6 Å². The number of carbonyl (C=O) groups is 1. The predicted octanol–water partition coefficient (Wildman–Crippen LogP) is 5.08. The van der Waals surface area contributed by atoms with Crippen molar-refractivity contribution in [2.24, 2.45) is 17.6 Å². The fourth-order valence-corrected chi connectivity index (χ4v) is 5.46. The molecule has 0 spiro atoms. The first-order valence-corrected chi connectivity index (χ1v) is 14.5. The summed E-state index contributed by atoms with van der Waals surface area (Å²) in [7, 11) is 1.65. The average Bonchev–Trinajstić information content (AvgIpc) is 2.98. The second-order valence-electron chi connectivity index (χ2n) is 10.4. The number of carbonyl (C=O) groups excluding carboxylic acids is 1. The Morgan fingerprint density at radius 3 is 2.24 bits per heavy atom. The van der Waals surface area contributed by atoms with E-state index in [1.807, 2.05) is 0 Å². The van der Waals surface area contributed by atoms with Gasteiger partial charge in [0.2, 0.25) is 5.91 Å². The summed E-state index contributed by atoms with van der Waals surface area (Å²) in [4.78, 5) is 10.9. The highest BCUT2D eigenvalue weighted by atomic mass is 35.5. The Kier molecular flexibility index (Phi) is 14.4. The summed E-state index contributed by atoms with van der Waals surface area (Å²) in [6, 6.07) is 8.86. The van der Waals surface area contributed by atoms with E-state index in [-0.39, 0.29) is 29.6 Å². The molecule has 0 unspecified atom stereocenters. The lowest BCUT2D eigenvalue weighted by Gasteiger charge is -2.31. The van der Waals surface area contributed by atoms with E-state index < -0.39 is 29.5 Å². The van der Waals surface area contributed by atoms with E-state index in [9.17, 15) is 18.0 Å². The average molecular weight is 600 g/mol. The molecule has 228 valence electrons. The van der Waals surface area contributed by atoms with Crippen LogP contribution in [0.2, 0.25) is 5.02 Å². The van der Waals surface area contributed by atoms with E-state index in [1.165, 1.54) is 18.2 Å². The van der Waals surface area contributed by atoms with Gasteiger partial charge in [-0.05, 0) is 69.0 Å². The van der Waals surface area contributed by atoms with E-state index in [0.29, 0.717) is 24.3 Å². The van der Waals surface area contributed by atoms with Crippen molar-refractivity contribution in [1.29, 1.82) is 0 Å². The summed E-state index contributed by atoms with van der Waals surface area (Å²) >= 11 is 5.82. The van der Waals surface area contributed by atoms with Gasteiger partial charge in [0.1, 0.15) is 12.4 Å². The molecule has 2 aromatic carbocycles. The van der Waals surface area contributed by atoms with Gasteiger partial charge >= 0.3 is 0 Å². The van der Waals surface area contributed by atoms with Crippen LogP contribution in [0.15, 0.2) is 36.4 Å². The number of ether oxygens (including phenoxy) is 3. The third-order valence-corrected chi connectivity index (χ3v) is 7.57. The number of primary amides is 1. The maximum Gasteiger partial charge on any atom is 0.243 e. The molecule has 2 aromatic rings. The highest BCUT2D eigenvalue weighted by Crippen LogP contribution is 2.34. The molecule has 4 atom stereocenters. The molecular weight excluding hydrogens is 559 g/mol. The second kappa shape index (κ2) is 17.7. The second-order valence-corrected chi connectivity index (χ2v) is 10.8. The van der Waals surface area contributed by atoms with Gasteiger partial charge in [0.25, 0.3) is 0 Å². The summed E-state index contributed by atoms with van der Waals surface area (Å²) < 4.78 is 57.3. The number of nitrogens with two attached hydrogens (primary N) is 1. The van der Waals surface area contributed by atoms with Crippen molar-refractivity contribution >= 4 is 17.5 Å². The molecule has 1 amide bonds. The molecule has 0 aliphatic carbocycles. The van der Waals surface area contributed by atoms with Gasteiger partial charge in [-0.15, -0.1) is 0 Å². The van der Waals surface area contributed by atoms with Gasteiger partial charge in [0.15, 0.2) is 11.6 Å². The van der Waals surface area contributed by atoms with Crippen LogP contribution in [-0.4, -0.2) is 59.0 Å². The van der Waals surface area contributed by atoms with Crippen molar-refractivity contribution in [3.8, 4) is 0 Å². The lowest BCUT2D eigenvalue weighted by Crippen LogP contribution is -2.35. The topological polar surface area (TPSA) is 94.8 Å². The summed E-state index contributed by atoms with van der Waals surface area (Å²) in [5, 5.41) is 6.65. The van der Waals surface area contributed by atoms with Crippen molar-refractivity contribution in [1.82, 2.24) is 10.6 Å². The SMILES string of the molecule is COCCCO[C@@H](c1ccc(F)c(F)c1)[C@@H]1CCCNC1.NC(=O)CO[C@H](c1cccc(Cl)c1F)[C@@H]1CCCNC1. The van der Waals surface area contributed by atoms with Gasteiger partial charge in [0.05, 0.1) is 17.2 Å². The molecule has 11 heteroatoms. The Bertz CT molecular complexity index is 1080. The van der Waals surface area contributed by atoms with Crippen LogP contribution in [0.1, 0.15) is 55.4 Å². The maximum atomic E-state index is 14.2. The molecule has 7 nitrogen and oxygen atoms in total. The van der Waals surface area contributed by atoms with E-state index in [4.69, 9.17) is 31.5 Å². The normalized spacial score (nSPS) is 20.5. The Hall–Kier alpha value is -2.21. The molecule has 2 saturated heterocycles. The van der Waals surface area contributed by atoms with Crippen LogP contribution in [0.4, 0.5) is 13.2 Å². The van der Waals surface area contributed by atoms with E-state index >= 15 is 0 Å². The van der Waals surface area contributed by atoms with Crippen molar-refractivity contribution in [2.45, 2.75) is 44.3 Å². The van der Waals surface area contributed by atoms with E-state index in [1.54, 1.807) is 25.3 Å². The molecular formula is C30H41ClF3N3O4. The number of piperidine rings is 2. The van der Waals surface area contributed by atoms with Crippen LogP contribution >= 0.6 is 11.6 Å². The minimum absolute atomic E-state index is 0.0546. The number of benzene rings is 2. The molecule has 4 rings (SSSR count). The minimum Gasteiger partial charge on any atom is -0.385 e. The van der Waals surface area contributed by atoms with Crippen molar-refractivity contribution in [3.05, 3.63) is 70.0 Å². The molecule has 0 radical (unpaired) electrons. The van der Waals surface area contributed by atoms with Crippen molar-refractivity contribution < 1.29 is 32.2 Å². The number of nitrogens with one attached hydrogen (secondary N) is 2. The molecule has 2 aliphatic heterocycles. The lowest BCUT2D eigenvalue weighted by molar-refractivity contribution is -0.126. The number of methoxy groups -OCH3 is 1. The molecule has 2 aliphatic rings. The van der Waals surface area contributed by atoms with Crippen LogP contribution < -0.4 is 16.4 Å². The molecule has 0 bridgehead atoms. The van der Waals surface area contributed by atoms with E-state index in [2.05, 4.69) is 10.6 Å². The van der Waals surface area contributed by atoms with Gasteiger partial charge in [-0.3, -0.25) is 4.79 Å². The van der Waals surface area contributed by atoms with Crippen LogP contribution in [0.3, 0.4) is 0 Å². The number of hydrogen-bond acceptors (Lipinski definition) is 6. The highest BCUT2D eigenvalue weighted by molar-refractivity contribution is 6.30. The number of halogens is 4. The zero-order valence-electron chi connectivity index (χ0n) is 23.5. The maximum absolute atomic E-state index is 14.2. The zero-order valence-corrected chi connectivity index (χ0v) is 24.2. The summed E-state index contributed by atoms with van der Waals surface area (Å²) in [6.45, 7) is 4.46. The Labute approximate surface area is 245 Å². The molecule has 2 fully saturated rings. The quantitative estimate of drug-likeness (QED) is 0.295. The fraction of sp³-hybridized carbons (Fsp3) is 0.567. The summed E-state index contributed by atoms with van der Waals surface area (Å²) in [5.41, 5.74) is 6.21. The Morgan fingerprint density at radius 2 is 1.66 bits per heavy atom. The lowest BCUT2D eigenvalue weighted by atomic mass is 9.89. The smallest absolute Gasteiger partial charge is 0.243 e. The molecule has 0 saturated carbocycles.